The summed E-state index contributed by atoms with van der Waals surface area (Å²) in [5.74, 6) is 2.05. The highest BCUT2D eigenvalue weighted by atomic mass is 16.5. The fourth-order valence-corrected chi connectivity index (χ4v) is 3.52. The first-order valence-corrected chi connectivity index (χ1v) is 8.93. The van der Waals surface area contributed by atoms with Gasteiger partial charge in [0.05, 0.1) is 7.11 Å². The number of hydrogen-bond donors (Lipinski definition) is 0. The molecule has 0 saturated carbocycles. The average molecular weight is 320 g/mol. The van der Waals surface area contributed by atoms with Gasteiger partial charge in [-0.3, -0.25) is 0 Å². The van der Waals surface area contributed by atoms with Gasteiger partial charge in [-0.1, -0.05) is 63.6 Å². The molecule has 3 rings (SSSR count). The van der Waals surface area contributed by atoms with Crippen molar-refractivity contribution in [2.24, 2.45) is 0 Å². The lowest BCUT2D eigenvalue weighted by Gasteiger charge is -2.17. The molecule has 24 heavy (non-hydrogen) atoms. The van der Waals surface area contributed by atoms with Crippen molar-refractivity contribution in [3.8, 4) is 16.9 Å². The van der Waals surface area contributed by atoms with Crippen LogP contribution in [0.1, 0.15) is 68.7 Å². The third-order valence-corrected chi connectivity index (χ3v) is 5.01. The van der Waals surface area contributed by atoms with Gasteiger partial charge in [0.1, 0.15) is 5.75 Å². The molecule has 2 aromatic rings. The SMILES string of the molecule is COc1ccc(-c2cc(C(C)C)cc(C(C)C)c2)c2c1C=C(C)C2. The van der Waals surface area contributed by atoms with Gasteiger partial charge in [0, 0.05) is 5.56 Å². The normalized spacial score (nSPS) is 13.4. The van der Waals surface area contributed by atoms with Gasteiger partial charge in [0.2, 0.25) is 0 Å². The zero-order valence-electron chi connectivity index (χ0n) is 15.7. The number of hydrogen-bond acceptors (Lipinski definition) is 1. The lowest BCUT2D eigenvalue weighted by atomic mass is 9.88. The third-order valence-electron chi connectivity index (χ3n) is 5.01. The summed E-state index contributed by atoms with van der Waals surface area (Å²) in [6.45, 7) is 11.3. The van der Waals surface area contributed by atoms with Crippen LogP contribution in [0.4, 0.5) is 0 Å². The molecule has 0 heterocycles. The summed E-state index contributed by atoms with van der Waals surface area (Å²) in [5, 5.41) is 0. The zero-order chi connectivity index (χ0) is 17.4. The van der Waals surface area contributed by atoms with Gasteiger partial charge in [-0.2, -0.15) is 0 Å². The molecular formula is C23H28O. The Labute approximate surface area is 146 Å². The maximum atomic E-state index is 5.58. The first kappa shape index (κ1) is 16.8. The largest absolute Gasteiger partial charge is 0.496 e. The van der Waals surface area contributed by atoms with E-state index in [1.165, 1.54) is 39.0 Å². The lowest BCUT2D eigenvalue weighted by Crippen LogP contribution is -1.98. The molecule has 0 fully saturated rings. The fraction of sp³-hybridized carbons (Fsp3) is 0.391. The van der Waals surface area contributed by atoms with Crippen LogP contribution in [0.15, 0.2) is 35.9 Å². The first-order valence-electron chi connectivity index (χ1n) is 8.93. The van der Waals surface area contributed by atoms with Crippen LogP contribution in [0.3, 0.4) is 0 Å². The number of allylic oxidation sites excluding steroid dienone is 1. The van der Waals surface area contributed by atoms with E-state index in [0.717, 1.165) is 12.2 Å². The molecule has 0 amide bonds. The van der Waals surface area contributed by atoms with Crippen LogP contribution in [0.5, 0.6) is 5.75 Å². The molecule has 0 aromatic heterocycles. The van der Waals surface area contributed by atoms with E-state index in [1.54, 1.807) is 7.11 Å². The molecule has 126 valence electrons. The maximum Gasteiger partial charge on any atom is 0.126 e. The Kier molecular flexibility index (Phi) is 4.54. The molecule has 0 radical (unpaired) electrons. The highest BCUT2D eigenvalue weighted by Crippen LogP contribution is 2.40. The highest BCUT2D eigenvalue weighted by Gasteiger charge is 2.20. The number of methoxy groups -OCH3 is 1. The molecule has 0 bridgehead atoms. The zero-order valence-corrected chi connectivity index (χ0v) is 15.7. The number of fused-ring (bicyclic) bond motifs is 1. The Morgan fingerprint density at radius 3 is 2.08 bits per heavy atom. The van der Waals surface area contributed by atoms with Crippen molar-refractivity contribution in [2.45, 2.75) is 52.9 Å². The van der Waals surface area contributed by atoms with Crippen molar-refractivity contribution in [1.82, 2.24) is 0 Å². The van der Waals surface area contributed by atoms with Gasteiger partial charge < -0.3 is 4.74 Å². The van der Waals surface area contributed by atoms with Crippen molar-refractivity contribution in [1.29, 1.82) is 0 Å². The molecule has 0 saturated heterocycles. The minimum Gasteiger partial charge on any atom is -0.496 e. The Balaban J connectivity index is 2.19. The topological polar surface area (TPSA) is 9.23 Å². The second-order valence-electron chi connectivity index (χ2n) is 7.57. The lowest BCUT2D eigenvalue weighted by molar-refractivity contribution is 0.413. The van der Waals surface area contributed by atoms with Crippen LogP contribution in [0, 0.1) is 0 Å². The van der Waals surface area contributed by atoms with Gasteiger partial charge >= 0.3 is 0 Å². The average Bonchev–Trinajstić information content (AvgIpc) is 2.94. The van der Waals surface area contributed by atoms with Crippen LogP contribution in [-0.2, 0) is 6.42 Å². The number of benzene rings is 2. The summed E-state index contributed by atoms with van der Waals surface area (Å²) in [7, 11) is 1.76. The van der Waals surface area contributed by atoms with Gasteiger partial charge in [-0.25, -0.2) is 0 Å². The standard InChI is InChI=1S/C23H28O/c1-14(2)17-11-18(15(3)4)13-19(12-17)20-7-8-23(24-6)22-10-16(5)9-21(20)22/h7-8,10-15H,9H2,1-6H3. The Morgan fingerprint density at radius 1 is 0.917 bits per heavy atom. The Hall–Kier alpha value is -2.02. The minimum absolute atomic E-state index is 0.536. The van der Waals surface area contributed by atoms with Crippen LogP contribution >= 0.6 is 0 Å². The van der Waals surface area contributed by atoms with Crippen LogP contribution in [0.2, 0.25) is 0 Å². The third kappa shape index (κ3) is 3.00. The van der Waals surface area contributed by atoms with E-state index in [2.05, 4.69) is 71.0 Å². The molecule has 0 spiro atoms. The van der Waals surface area contributed by atoms with Gasteiger partial charge in [-0.15, -0.1) is 0 Å². The summed E-state index contributed by atoms with van der Waals surface area (Å²) in [6.07, 6.45) is 3.29. The first-order chi connectivity index (χ1) is 11.4. The van der Waals surface area contributed by atoms with Crippen molar-refractivity contribution in [3.05, 3.63) is 58.2 Å². The predicted octanol–water partition coefficient (Wildman–Crippen LogP) is 6.57. The van der Waals surface area contributed by atoms with Crippen LogP contribution in [-0.4, -0.2) is 7.11 Å². The summed E-state index contributed by atoms with van der Waals surface area (Å²) >= 11 is 0. The molecule has 0 unspecified atom stereocenters. The monoisotopic (exact) mass is 320 g/mol. The van der Waals surface area contributed by atoms with E-state index in [0.29, 0.717) is 11.8 Å². The molecule has 0 N–H and O–H groups in total. The van der Waals surface area contributed by atoms with Crippen LogP contribution in [0.25, 0.3) is 17.2 Å². The van der Waals surface area contributed by atoms with E-state index in [4.69, 9.17) is 4.74 Å². The molecule has 1 heteroatoms. The second-order valence-corrected chi connectivity index (χ2v) is 7.57. The summed E-state index contributed by atoms with van der Waals surface area (Å²) in [5.41, 5.74) is 9.60. The van der Waals surface area contributed by atoms with Crippen molar-refractivity contribution in [3.63, 3.8) is 0 Å². The van der Waals surface area contributed by atoms with Gasteiger partial charge in [0.15, 0.2) is 0 Å². The molecular weight excluding hydrogens is 292 g/mol. The van der Waals surface area contributed by atoms with E-state index >= 15 is 0 Å². The minimum atomic E-state index is 0.536. The van der Waals surface area contributed by atoms with Crippen molar-refractivity contribution in [2.75, 3.05) is 7.11 Å². The second kappa shape index (κ2) is 6.47. The summed E-state index contributed by atoms with van der Waals surface area (Å²) < 4.78 is 5.58. The smallest absolute Gasteiger partial charge is 0.126 e. The molecule has 1 aliphatic carbocycles. The summed E-state index contributed by atoms with van der Waals surface area (Å²) in [6, 6.07) is 11.4. The molecule has 2 aromatic carbocycles. The number of ether oxygens (including phenoxy) is 1. The van der Waals surface area contributed by atoms with Crippen molar-refractivity contribution >= 4 is 6.08 Å². The van der Waals surface area contributed by atoms with Gasteiger partial charge in [-0.05, 0) is 59.1 Å². The highest BCUT2D eigenvalue weighted by molar-refractivity contribution is 5.80. The molecule has 0 aliphatic heterocycles. The van der Waals surface area contributed by atoms with Crippen molar-refractivity contribution < 1.29 is 4.74 Å². The molecule has 1 aliphatic rings. The quantitative estimate of drug-likeness (QED) is 0.619. The number of rotatable bonds is 4. The Bertz CT molecular complexity index is 768. The fourth-order valence-electron chi connectivity index (χ4n) is 3.52. The van der Waals surface area contributed by atoms with E-state index in [1.807, 2.05) is 0 Å². The Morgan fingerprint density at radius 2 is 1.54 bits per heavy atom. The van der Waals surface area contributed by atoms with E-state index < -0.39 is 0 Å². The van der Waals surface area contributed by atoms with E-state index in [-0.39, 0.29) is 0 Å². The van der Waals surface area contributed by atoms with E-state index in [9.17, 15) is 0 Å². The summed E-state index contributed by atoms with van der Waals surface area (Å²) in [4.78, 5) is 0. The molecule has 0 atom stereocenters. The van der Waals surface area contributed by atoms with Gasteiger partial charge in [0.25, 0.3) is 0 Å². The predicted molar refractivity (Wildman–Crippen MR) is 104 cm³/mol. The molecule has 1 nitrogen and oxygen atoms in total. The van der Waals surface area contributed by atoms with Crippen LogP contribution < -0.4 is 4.74 Å². The maximum absolute atomic E-state index is 5.58.